The molecule has 0 N–H and O–H groups in total. The Balaban J connectivity index is 0.000000274. The maximum atomic E-state index is 12.8. The Bertz CT molecular complexity index is 2540. The highest BCUT2D eigenvalue weighted by Gasteiger charge is 2.39. The monoisotopic (exact) mass is 991 g/mol. The minimum Gasteiger partial charge on any atom is -0.450 e. The number of benzene rings is 5. The third kappa shape index (κ3) is 15.2. The number of alkyl halides is 9. The lowest BCUT2D eigenvalue weighted by Gasteiger charge is -2.23. The Morgan fingerprint density at radius 2 is 0.768 bits per heavy atom. The molecule has 0 spiro atoms. The summed E-state index contributed by atoms with van der Waals surface area (Å²) in [7, 11) is 0. The molecule has 5 rings (SSSR count). The third-order valence-electron chi connectivity index (χ3n) is 8.79. The second-order valence-electron chi connectivity index (χ2n) is 13.4. The molecule has 5 aromatic carbocycles. The third-order valence-corrected chi connectivity index (χ3v) is 8.79. The fourth-order valence-corrected chi connectivity index (χ4v) is 5.52. The summed E-state index contributed by atoms with van der Waals surface area (Å²) in [6.45, 7) is 3.97. The Kier molecular flexibility index (Phi) is 17.9. The number of anilines is 1. The number of non-ortho nitro benzene ring substituents is 2. The maximum Gasteiger partial charge on any atom is 0.416 e. The zero-order chi connectivity index (χ0) is 52.2. The summed E-state index contributed by atoms with van der Waals surface area (Å²) in [5.74, 6) is -0.786. The minimum atomic E-state index is -4.91. The van der Waals surface area contributed by atoms with E-state index in [2.05, 4.69) is 0 Å². The van der Waals surface area contributed by atoms with Crippen molar-refractivity contribution < 1.29 is 78.5 Å². The molecule has 368 valence electrons. The number of rotatable bonds is 15. The van der Waals surface area contributed by atoms with Crippen LogP contribution in [0.5, 0.6) is 23.0 Å². The first-order chi connectivity index (χ1) is 32.0. The molecule has 0 radical (unpaired) electrons. The van der Waals surface area contributed by atoms with Crippen molar-refractivity contribution in [3.05, 3.63) is 174 Å². The molecular formula is C39H30F9N7O14. The van der Waals surface area contributed by atoms with Crippen LogP contribution in [0.3, 0.4) is 0 Å². The van der Waals surface area contributed by atoms with Crippen molar-refractivity contribution >= 4 is 39.8 Å². The van der Waals surface area contributed by atoms with E-state index in [-0.39, 0.29) is 41.7 Å². The first-order valence-corrected chi connectivity index (χ1v) is 18.8. The second kappa shape index (κ2) is 22.6. The molecule has 30 heteroatoms. The van der Waals surface area contributed by atoms with Gasteiger partial charge in [0, 0.05) is 61.6 Å². The molecule has 0 unspecified atom stereocenters. The molecule has 0 amide bonds. The SMILES string of the molecule is CCCCN(CC)c1c([N+](=O)[O-])cc(C(F)(F)F)cc1[N+](=O)[O-].O=[N+]([O-])c1ccc(Oc2ccc(C(F)(F)F)cc2[N+](=O)[O-])cc1.O=[N+]([O-])c1ccc(Oc2ccc(C(F)(F)F)cc2[N+](=O)[O-])cc1. The van der Waals surface area contributed by atoms with Crippen LogP contribution in [-0.2, 0) is 18.5 Å². The molecule has 21 nitrogen and oxygen atoms in total. The molecule has 0 heterocycles. The van der Waals surface area contributed by atoms with Crippen molar-refractivity contribution in [2.45, 2.75) is 45.2 Å². The summed E-state index contributed by atoms with van der Waals surface area (Å²) in [5.41, 5.74) is -8.15. The van der Waals surface area contributed by atoms with Gasteiger partial charge in [-0.15, -0.1) is 0 Å². The van der Waals surface area contributed by atoms with Gasteiger partial charge in [0.2, 0.25) is 11.5 Å². The van der Waals surface area contributed by atoms with Gasteiger partial charge in [0.25, 0.3) is 22.7 Å². The molecular weight excluding hydrogens is 961 g/mol. The lowest BCUT2D eigenvalue weighted by atomic mass is 10.1. The molecule has 0 saturated carbocycles. The van der Waals surface area contributed by atoms with Crippen molar-refractivity contribution in [1.82, 2.24) is 0 Å². The van der Waals surface area contributed by atoms with Crippen molar-refractivity contribution in [3.8, 4) is 23.0 Å². The maximum absolute atomic E-state index is 12.8. The van der Waals surface area contributed by atoms with Gasteiger partial charge >= 0.3 is 29.9 Å². The highest BCUT2D eigenvalue weighted by atomic mass is 19.4. The van der Waals surface area contributed by atoms with E-state index >= 15 is 0 Å². The van der Waals surface area contributed by atoms with E-state index in [1.54, 1.807) is 6.92 Å². The van der Waals surface area contributed by atoms with Crippen LogP contribution in [-0.4, -0.2) is 42.6 Å². The van der Waals surface area contributed by atoms with E-state index in [9.17, 15) is 100 Å². The van der Waals surface area contributed by atoms with Crippen LogP contribution < -0.4 is 14.4 Å². The summed E-state index contributed by atoms with van der Waals surface area (Å²) in [6.07, 6.45) is -13.0. The van der Waals surface area contributed by atoms with E-state index < -0.39 is 99.0 Å². The number of nitro groups is 6. The van der Waals surface area contributed by atoms with Gasteiger partial charge in [-0.2, -0.15) is 39.5 Å². The molecule has 0 saturated heterocycles. The van der Waals surface area contributed by atoms with E-state index in [0.717, 1.165) is 42.8 Å². The van der Waals surface area contributed by atoms with Gasteiger partial charge in [-0.25, -0.2) is 0 Å². The molecule has 5 aromatic rings. The van der Waals surface area contributed by atoms with Gasteiger partial charge in [-0.1, -0.05) is 13.3 Å². The number of hydrogen-bond acceptors (Lipinski definition) is 15. The topological polar surface area (TPSA) is 281 Å². The number of nitro benzene ring substituents is 6. The number of halogens is 9. The molecule has 0 atom stereocenters. The van der Waals surface area contributed by atoms with Gasteiger partial charge in [0.1, 0.15) is 11.5 Å². The summed E-state index contributed by atoms with van der Waals surface area (Å²) < 4.78 is 124. The Labute approximate surface area is 378 Å². The van der Waals surface area contributed by atoms with Crippen LogP contribution in [0.4, 0.5) is 79.3 Å². The van der Waals surface area contributed by atoms with Gasteiger partial charge in [-0.3, -0.25) is 60.7 Å². The Morgan fingerprint density at radius 1 is 0.449 bits per heavy atom. The highest BCUT2D eigenvalue weighted by molar-refractivity contribution is 5.76. The smallest absolute Gasteiger partial charge is 0.416 e. The molecule has 0 aliphatic heterocycles. The summed E-state index contributed by atoms with van der Waals surface area (Å²) in [4.78, 5) is 61.2. The molecule has 0 aliphatic rings. The van der Waals surface area contributed by atoms with Crippen LogP contribution >= 0.6 is 0 Å². The number of unbranched alkanes of at least 4 members (excludes halogenated alkanes) is 1. The number of nitrogens with zero attached hydrogens (tertiary/aromatic N) is 7. The fourth-order valence-electron chi connectivity index (χ4n) is 5.52. The van der Waals surface area contributed by atoms with Crippen molar-refractivity contribution in [1.29, 1.82) is 0 Å². The van der Waals surface area contributed by atoms with Crippen LogP contribution in [0.25, 0.3) is 0 Å². The molecule has 69 heavy (non-hydrogen) atoms. The summed E-state index contributed by atoms with van der Waals surface area (Å²) in [6, 6.07) is 13.5. The van der Waals surface area contributed by atoms with Crippen LogP contribution in [0.15, 0.2) is 97.1 Å². The molecule has 0 aromatic heterocycles. The van der Waals surface area contributed by atoms with Gasteiger partial charge in [0.05, 0.1) is 46.2 Å². The van der Waals surface area contributed by atoms with Gasteiger partial charge in [-0.05, 0) is 61.9 Å². The average molecular weight is 992 g/mol. The van der Waals surface area contributed by atoms with Gasteiger partial charge in [0.15, 0.2) is 5.69 Å². The largest absolute Gasteiger partial charge is 0.450 e. The van der Waals surface area contributed by atoms with Crippen LogP contribution in [0, 0.1) is 60.7 Å². The zero-order valence-corrected chi connectivity index (χ0v) is 34.8. The number of hydrogen-bond donors (Lipinski definition) is 0. The average Bonchev–Trinajstić information content (AvgIpc) is 3.26. The predicted octanol–water partition coefficient (Wildman–Crippen LogP) is 12.8. The standard InChI is InChI=1S/C13H16F3N3O4.2C13H7F3N2O5/c1-3-5-6-17(4-2)12-10(18(20)21)7-9(13(14,15)16)8-11(12)19(22)23;2*14-13(15,16)8-1-6-12(11(7-8)18(21)22)23-10-4-2-9(3-5-10)17(19)20/h7-8H,3-6H2,1-2H3;2*1-7H. The second-order valence-corrected chi connectivity index (χ2v) is 13.4. The first-order valence-electron chi connectivity index (χ1n) is 18.8. The number of ether oxygens (including phenoxy) is 2. The summed E-state index contributed by atoms with van der Waals surface area (Å²) in [5, 5.41) is 65.2. The Hall–Kier alpha value is -8.73. The quantitative estimate of drug-likeness (QED) is 0.0535. The van der Waals surface area contributed by atoms with Crippen molar-refractivity contribution in [2.24, 2.45) is 0 Å². The lowest BCUT2D eigenvalue weighted by molar-refractivity contribution is -0.393. The fraction of sp³-hybridized carbons (Fsp3) is 0.231. The summed E-state index contributed by atoms with van der Waals surface area (Å²) >= 11 is 0. The van der Waals surface area contributed by atoms with Crippen molar-refractivity contribution in [3.63, 3.8) is 0 Å². The molecule has 0 fully saturated rings. The first kappa shape index (κ1) is 54.6. The Morgan fingerprint density at radius 3 is 1.03 bits per heavy atom. The normalized spacial score (nSPS) is 11.2. The minimum absolute atomic E-state index is 0.0125. The van der Waals surface area contributed by atoms with E-state index in [1.807, 2.05) is 6.92 Å². The van der Waals surface area contributed by atoms with Crippen LogP contribution in [0.1, 0.15) is 43.4 Å². The van der Waals surface area contributed by atoms with E-state index in [4.69, 9.17) is 9.47 Å². The predicted molar refractivity (Wildman–Crippen MR) is 220 cm³/mol. The van der Waals surface area contributed by atoms with Crippen LogP contribution in [0.2, 0.25) is 0 Å². The zero-order valence-electron chi connectivity index (χ0n) is 34.8. The van der Waals surface area contributed by atoms with E-state index in [0.29, 0.717) is 42.8 Å². The van der Waals surface area contributed by atoms with Gasteiger partial charge < -0.3 is 14.4 Å². The molecule has 0 bridgehead atoms. The molecule has 0 aliphatic carbocycles. The van der Waals surface area contributed by atoms with Crippen molar-refractivity contribution in [2.75, 3.05) is 18.0 Å². The van der Waals surface area contributed by atoms with E-state index in [1.165, 1.54) is 29.2 Å². The highest BCUT2D eigenvalue weighted by Crippen LogP contribution is 2.44. The lowest BCUT2D eigenvalue weighted by Crippen LogP contribution is -2.26.